The number of halogens is 3. The van der Waals surface area contributed by atoms with Gasteiger partial charge >= 0.3 is 12.3 Å². The van der Waals surface area contributed by atoms with Crippen molar-refractivity contribution >= 4 is 59.1 Å². The summed E-state index contributed by atoms with van der Waals surface area (Å²) in [5, 5.41) is 19.7. The Balaban J connectivity index is 1.18. The lowest BCUT2D eigenvalue weighted by molar-refractivity contribution is -0.274. The Morgan fingerprint density at radius 1 is 1.18 bits per heavy atom. The lowest BCUT2D eigenvalue weighted by Crippen LogP contribution is -2.35. The number of para-hydroxylation sites is 1. The van der Waals surface area contributed by atoms with Gasteiger partial charge in [0, 0.05) is 11.8 Å². The number of nitrogens with zero attached hydrogens (tertiary/aromatic N) is 2. The lowest BCUT2D eigenvalue weighted by atomic mass is 9.61. The summed E-state index contributed by atoms with van der Waals surface area (Å²) in [5.74, 6) is 1.05. The summed E-state index contributed by atoms with van der Waals surface area (Å²) in [6.07, 6.45) is 9.89. The Hall–Kier alpha value is -3.10. The largest absolute Gasteiger partial charge is 0.573 e. The van der Waals surface area contributed by atoms with Crippen LogP contribution in [0.4, 0.5) is 18.3 Å². The van der Waals surface area contributed by atoms with E-state index in [1.54, 1.807) is 24.3 Å². The number of aromatic nitrogens is 1. The summed E-state index contributed by atoms with van der Waals surface area (Å²) in [7, 11) is 2.56. The standard InChI is InChI=1S/C34H37F3N3O3PS/c35-34(36,37)43-27-7-2-1-6-26(27)30(38)23(15-20-8-9-20)16-21-10-11-25(21)22(14-19-4-3-5-19)12-13-39-33-40-31-28(44)17-24(32(41)42)18-29(31)45-33/h1-2,6-7,13,15,17-22,25,38H,3-5,8-12,14,16,44H2,(H,41,42)/b23-15+,38-30?,39-13?. The third kappa shape index (κ3) is 7.83. The molecular formula is C34H37F3N3O3PS. The minimum Gasteiger partial charge on any atom is -0.478 e. The normalized spacial score (nSPS) is 21.5. The average molecular weight is 656 g/mol. The van der Waals surface area contributed by atoms with Crippen molar-refractivity contribution in [3.8, 4) is 5.75 Å². The zero-order valence-corrected chi connectivity index (χ0v) is 26.8. The number of carboxylic acids is 1. The highest BCUT2D eigenvalue weighted by Gasteiger charge is 2.39. The minimum absolute atomic E-state index is 0.125. The van der Waals surface area contributed by atoms with Crippen molar-refractivity contribution in [3.05, 3.63) is 59.2 Å². The summed E-state index contributed by atoms with van der Waals surface area (Å²) in [5.41, 5.74) is 2.09. The zero-order chi connectivity index (χ0) is 31.7. The number of carboxylic acid groups (broad SMARTS) is 1. The molecule has 3 aliphatic carbocycles. The smallest absolute Gasteiger partial charge is 0.478 e. The first-order chi connectivity index (χ1) is 21.5. The number of thiazole rings is 1. The van der Waals surface area contributed by atoms with E-state index in [0.717, 1.165) is 59.6 Å². The first-order valence-corrected chi connectivity index (χ1v) is 17.0. The van der Waals surface area contributed by atoms with E-state index in [2.05, 4.69) is 25.0 Å². The molecule has 0 amide bonds. The van der Waals surface area contributed by atoms with Crippen LogP contribution < -0.4 is 10.0 Å². The first kappa shape index (κ1) is 31.9. The van der Waals surface area contributed by atoms with Crippen molar-refractivity contribution in [2.75, 3.05) is 0 Å². The molecule has 11 heteroatoms. The number of nitrogens with one attached hydrogen (secondary N) is 1. The van der Waals surface area contributed by atoms with E-state index in [-0.39, 0.29) is 22.6 Å². The monoisotopic (exact) mass is 655 g/mol. The molecule has 0 radical (unpaired) electrons. The molecule has 238 valence electrons. The van der Waals surface area contributed by atoms with Crippen molar-refractivity contribution in [2.24, 2.45) is 34.6 Å². The molecule has 3 aliphatic rings. The molecule has 45 heavy (non-hydrogen) atoms. The fourth-order valence-electron chi connectivity index (χ4n) is 6.70. The number of rotatable bonds is 13. The van der Waals surface area contributed by atoms with E-state index in [9.17, 15) is 23.1 Å². The maximum atomic E-state index is 13.1. The molecule has 3 aromatic rings. The van der Waals surface area contributed by atoms with Crippen LogP contribution in [0, 0.1) is 35.0 Å². The highest BCUT2D eigenvalue weighted by molar-refractivity contribution is 7.29. The first-order valence-electron chi connectivity index (χ1n) is 15.6. The van der Waals surface area contributed by atoms with Crippen molar-refractivity contribution in [1.29, 1.82) is 5.41 Å². The number of hydrogen-bond donors (Lipinski definition) is 2. The van der Waals surface area contributed by atoms with Crippen molar-refractivity contribution in [1.82, 2.24) is 4.98 Å². The molecule has 4 atom stereocenters. The molecule has 0 spiro atoms. The molecule has 0 bridgehead atoms. The number of fused-ring (bicyclic) bond motifs is 1. The van der Waals surface area contributed by atoms with Gasteiger partial charge in [-0.15, -0.1) is 22.4 Å². The van der Waals surface area contributed by atoms with E-state index in [4.69, 9.17) is 10.4 Å². The van der Waals surface area contributed by atoms with Gasteiger partial charge in [0.15, 0.2) is 0 Å². The van der Waals surface area contributed by atoms with Crippen LogP contribution >= 0.6 is 20.6 Å². The van der Waals surface area contributed by atoms with Crippen LogP contribution in [0.3, 0.4) is 0 Å². The van der Waals surface area contributed by atoms with Crippen LogP contribution in [0.15, 0.2) is 53.0 Å². The lowest BCUT2D eigenvalue weighted by Gasteiger charge is -2.44. The van der Waals surface area contributed by atoms with Gasteiger partial charge in [-0.1, -0.05) is 48.8 Å². The highest BCUT2D eigenvalue weighted by Crippen LogP contribution is 2.49. The van der Waals surface area contributed by atoms with Crippen LogP contribution in [-0.4, -0.2) is 34.3 Å². The summed E-state index contributed by atoms with van der Waals surface area (Å²) in [6, 6.07) is 9.21. The zero-order valence-electron chi connectivity index (χ0n) is 24.9. The summed E-state index contributed by atoms with van der Waals surface area (Å²) in [4.78, 5) is 20.8. The summed E-state index contributed by atoms with van der Waals surface area (Å²) >= 11 is 1.38. The predicted octanol–water partition coefficient (Wildman–Crippen LogP) is 9.11. The molecule has 3 saturated carbocycles. The predicted molar refractivity (Wildman–Crippen MR) is 176 cm³/mol. The van der Waals surface area contributed by atoms with Crippen LogP contribution in [0.25, 0.3) is 10.2 Å². The number of alkyl halides is 3. The van der Waals surface area contributed by atoms with E-state index >= 15 is 0 Å². The minimum atomic E-state index is -4.82. The number of hydrogen-bond acceptors (Lipinski definition) is 6. The molecular weight excluding hydrogens is 618 g/mol. The number of aliphatic imine (C=N–C) groups is 1. The second-order valence-electron chi connectivity index (χ2n) is 12.7. The maximum absolute atomic E-state index is 13.1. The molecule has 2 aromatic carbocycles. The Morgan fingerprint density at radius 2 is 1.96 bits per heavy atom. The summed E-state index contributed by atoms with van der Waals surface area (Å²) in [6.45, 7) is 0. The third-order valence-electron chi connectivity index (χ3n) is 9.56. The Labute approximate surface area is 266 Å². The highest BCUT2D eigenvalue weighted by atomic mass is 32.1. The van der Waals surface area contributed by atoms with E-state index in [0.29, 0.717) is 41.1 Å². The number of aromatic carboxylic acids is 1. The van der Waals surface area contributed by atoms with Gasteiger partial charge in [-0.2, -0.15) is 0 Å². The number of ether oxygens (including phenoxy) is 1. The third-order valence-corrected chi connectivity index (χ3v) is 10.9. The van der Waals surface area contributed by atoms with Gasteiger partial charge in [-0.05, 0) is 110 Å². The molecule has 1 heterocycles. The Bertz CT molecular complexity index is 1640. The van der Waals surface area contributed by atoms with Crippen LogP contribution in [0.1, 0.15) is 80.1 Å². The quantitative estimate of drug-likeness (QED) is 0.142. The van der Waals surface area contributed by atoms with Gasteiger partial charge in [-0.25, -0.2) is 14.8 Å². The van der Waals surface area contributed by atoms with E-state index in [1.165, 1.54) is 42.7 Å². The van der Waals surface area contributed by atoms with Gasteiger partial charge < -0.3 is 9.84 Å². The fourth-order valence-corrected chi connectivity index (χ4v) is 8.11. The van der Waals surface area contributed by atoms with E-state index < -0.39 is 12.3 Å². The maximum Gasteiger partial charge on any atom is 0.573 e. The van der Waals surface area contributed by atoms with E-state index in [1.807, 2.05) is 6.21 Å². The average Bonchev–Trinajstić information content (AvgIpc) is 3.67. The Kier molecular flexibility index (Phi) is 9.44. The molecule has 6 nitrogen and oxygen atoms in total. The molecule has 4 unspecified atom stereocenters. The SMILES string of the molecule is N=C(/C(=C/C1CC1)CC1CCC1C(CC=Nc1nc2c(P)cc(C(=O)O)cc2s1)CC1CCC1)c1ccccc1OC(F)(F)F. The van der Waals surface area contributed by atoms with Gasteiger partial charge in [0.05, 0.1) is 21.5 Å². The van der Waals surface area contributed by atoms with Gasteiger partial charge in [0.2, 0.25) is 5.13 Å². The molecule has 3 fully saturated rings. The Morgan fingerprint density at radius 3 is 2.60 bits per heavy atom. The van der Waals surface area contributed by atoms with Crippen molar-refractivity contribution in [3.63, 3.8) is 0 Å². The second-order valence-corrected chi connectivity index (χ2v) is 14.3. The number of carbonyl (C=O) groups is 1. The topological polar surface area (TPSA) is 95.6 Å². The fraction of sp³-hybridized carbons (Fsp3) is 0.471. The van der Waals surface area contributed by atoms with Gasteiger partial charge in [0.25, 0.3) is 0 Å². The number of benzene rings is 2. The molecule has 1 aromatic heterocycles. The van der Waals surface area contributed by atoms with Crippen LogP contribution in [0.2, 0.25) is 0 Å². The van der Waals surface area contributed by atoms with Crippen molar-refractivity contribution in [2.45, 2.75) is 70.6 Å². The molecule has 0 aliphatic heterocycles. The molecule has 6 rings (SSSR count). The van der Waals surface area contributed by atoms with Gasteiger partial charge in [-0.3, -0.25) is 5.41 Å². The number of allylic oxidation sites excluding steroid dienone is 2. The van der Waals surface area contributed by atoms with Crippen LogP contribution in [-0.2, 0) is 0 Å². The second kappa shape index (κ2) is 13.3. The van der Waals surface area contributed by atoms with Crippen LogP contribution in [0.5, 0.6) is 5.75 Å². The molecule has 2 N–H and O–H groups in total. The summed E-state index contributed by atoms with van der Waals surface area (Å²) < 4.78 is 44.5. The molecule has 0 saturated heterocycles. The van der Waals surface area contributed by atoms with Gasteiger partial charge in [0.1, 0.15) is 5.75 Å². The van der Waals surface area contributed by atoms with Crippen molar-refractivity contribution < 1.29 is 27.8 Å².